The number of carbonyl (C=O) groups is 2. The number of hydrogen-bond donors (Lipinski definition) is 0. The van der Waals surface area contributed by atoms with Crippen molar-refractivity contribution < 1.29 is 19.1 Å². The fourth-order valence-corrected chi connectivity index (χ4v) is 2.11. The highest BCUT2D eigenvalue weighted by atomic mass is 16.5. The average molecular weight is 337 g/mol. The van der Waals surface area contributed by atoms with Gasteiger partial charge in [0.25, 0.3) is 0 Å². The number of nitrogens with zero attached hydrogens (tertiary/aromatic N) is 1. The van der Waals surface area contributed by atoms with Crippen LogP contribution in [0.15, 0.2) is 48.5 Å². The van der Waals surface area contributed by atoms with Crippen LogP contribution in [0.5, 0.6) is 11.5 Å². The van der Waals surface area contributed by atoms with Crippen LogP contribution in [0.1, 0.15) is 46.9 Å². The van der Waals surface area contributed by atoms with Gasteiger partial charge in [-0.1, -0.05) is 0 Å². The zero-order chi connectivity index (χ0) is 18.1. The third kappa shape index (κ3) is 5.78. The Bertz CT molecular complexity index is 758. The molecule has 0 saturated heterocycles. The second kappa shape index (κ2) is 9.24. The number of unbranched alkanes of at least 4 members (excludes halogenated alkanes) is 2. The van der Waals surface area contributed by atoms with Crippen molar-refractivity contribution in [2.24, 2.45) is 0 Å². The van der Waals surface area contributed by atoms with Crippen molar-refractivity contribution in [1.82, 2.24) is 0 Å². The summed E-state index contributed by atoms with van der Waals surface area (Å²) in [5.74, 6) is 0.532. The van der Waals surface area contributed by atoms with E-state index >= 15 is 0 Å². The van der Waals surface area contributed by atoms with Crippen LogP contribution in [0.4, 0.5) is 0 Å². The van der Waals surface area contributed by atoms with Crippen LogP contribution in [0, 0.1) is 11.3 Å². The van der Waals surface area contributed by atoms with E-state index in [0.717, 1.165) is 12.8 Å². The number of esters is 1. The number of ketones is 1. The summed E-state index contributed by atoms with van der Waals surface area (Å²) in [7, 11) is 0. The molecule has 0 aliphatic rings. The Morgan fingerprint density at radius 2 is 1.52 bits per heavy atom. The SMILES string of the molecule is CC(=O)c1ccc(OC(=O)c2ccc(OCCCCC#N)cc2)cc1. The smallest absolute Gasteiger partial charge is 0.343 e. The minimum absolute atomic E-state index is 0.0407. The van der Waals surface area contributed by atoms with Gasteiger partial charge in [0.2, 0.25) is 0 Å². The van der Waals surface area contributed by atoms with Gasteiger partial charge in [-0.25, -0.2) is 4.79 Å². The molecule has 0 aromatic heterocycles. The van der Waals surface area contributed by atoms with Crippen molar-refractivity contribution in [3.8, 4) is 17.6 Å². The molecule has 25 heavy (non-hydrogen) atoms. The van der Waals surface area contributed by atoms with Crippen LogP contribution in [0.25, 0.3) is 0 Å². The number of hydrogen-bond acceptors (Lipinski definition) is 5. The van der Waals surface area contributed by atoms with Gasteiger partial charge in [0, 0.05) is 12.0 Å². The molecule has 0 fully saturated rings. The molecule has 2 aromatic rings. The number of rotatable bonds is 8. The van der Waals surface area contributed by atoms with Crippen molar-refractivity contribution >= 4 is 11.8 Å². The highest BCUT2D eigenvalue weighted by Crippen LogP contribution is 2.17. The van der Waals surface area contributed by atoms with Crippen molar-refractivity contribution in [3.63, 3.8) is 0 Å². The van der Waals surface area contributed by atoms with Crippen molar-refractivity contribution in [1.29, 1.82) is 5.26 Å². The van der Waals surface area contributed by atoms with Gasteiger partial charge in [0.05, 0.1) is 18.2 Å². The van der Waals surface area contributed by atoms with E-state index in [2.05, 4.69) is 6.07 Å². The molecule has 2 aromatic carbocycles. The maximum absolute atomic E-state index is 12.1. The topological polar surface area (TPSA) is 76.4 Å². The van der Waals surface area contributed by atoms with Crippen LogP contribution in [0.2, 0.25) is 0 Å². The summed E-state index contributed by atoms with van der Waals surface area (Å²) >= 11 is 0. The zero-order valence-corrected chi connectivity index (χ0v) is 14.0. The van der Waals surface area contributed by atoms with Gasteiger partial charge < -0.3 is 9.47 Å². The molecule has 0 atom stereocenters. The summed E-state index contributed by atoms with van der Waals surface area (Å²) in [6, 6.07) is 15.2. The van der Waals surface area contributed by atoms with Crippen LogP contribution < -0.4 is 9.47 Å². The van der Waals surface area contributed by atoms with Crippen molar-refractivity contribution in [3.05, 3.63) is 59.7 Å². The summed E-state index contributed by atoms with van der Waals surface area (Å²) in [6.07, 6.45) is 2.15. The Hall–Kier alpha value is -3.13. The highest BCUT2D eigenvalue weighted by Gasteiger charge is 2.09. The van der Waals surface area contributed by atoms with Crippen LogP contribution in [-0.2, 0) is 0 Å². The van der Waals surface area contributed by atoms with Crippen LogP contribution >= 0.6 is 0 Å². The normalized spacial score (nSPS) is 9.92. The Kier molecular flexibility index (Phi) is 6.73. The fraction of sp³-hybridized carbons (Fsp3) is 0.250. The lowest BCUT2D eigenvalue weighted by Gasteiger charge is -2.07. The lowest BCUT2D eigenvalue weighted by molar-refractivity contribution is 0.0734. The Balaban J connectivity index is 1.87. The molecule has 5 nitrogen and oxygen atoms in total. The molecule has 128 valence electrons. The molecule has 0 amide bonds. The zero-order valence-electron chi connectivity index (χ0n) is 14.0. The molecule has 5 heteroatoms. The maximum Gasteiger partial charge on any atom is 0.343 e. The van der Waals surface area contributed by atoms with E-state index in [1.807, 2.05) is 0 Å². The molecule has 0 aliphatic carbocycles. The fourth-order valence-electron chi connectivity index (χ4n) is 2.11. The first-order valence-corrected chi connectivity index (χ1v) is 8.03. The molecule has 0 radical (unpaired) electrons. The second-order valence-electron chi connectivity index (χ2n) is 5.46. The van der Waals surface area contributed by atoms with Crippen LogP contribution in [0.3, 0.4) is 0 Å². The first-order chi connectivity index (χ1) is 12.1. The molecule has 0 saturated carbocycles. The summed E-state index contributed by atoms with van der Waals surface area (Å²) in [5.41, 5.74) is 0.976. The predicted octanol–water partition coefficient (Wildman–Crippen LogP) is 4.18. The highest BCUT2D eigenvalue weighted by molar-refractivity contribution is 5.94. The summed E-state index contributed by atoms with van der Waals surface area (Å²) in [6.45, 7) is 2.02. The molecular weight excluding hydrogens is 318 g/mol. The molecule has 0 heterocycles. The Labute approximate surface area is 146 Å². The van der Waals surface area contributed by atoms with Gasteiger partial charge in [-0.15, -0.1) is 0 Å². The van der Waals surface area contributed by atoms with E-state index in [1.165, 1.54) is 6.92 Å². The van der Waals surface area contributed by atoms with Gasteiger partial charge in [0.1, 0.15) is 11.5 Å². The number of carbonyl (C=O) groups excluding carboxylic acids is 2. The molecule has 0 bridgehead atoms. The van der Waals surface area contributed by atoms with Crippen molar-refractivity contribution in [2.75, 3.05) is 6.61 Å². The number of benzene rings is 2. The van der Waals surface area contributed by atoms with Gasteiger partial charge in [-0.3, -0.25) is 4.79 Å². The Morgan fingerprint density at radius 1 is 0.920 bits per heavy atom. The van der Waals surface area contributed by atoms with E-state index < -0.39 is 5.97 Å². The van der Waals surface area contributed by atoms with Gasteiger partial charge in [0.15, 0.2) is 5.78 Å². The third-order valence-electron chi connectivity index (χ3n) is 3.51. The molecule has 0 aliphatic heterocycles. The largest absolute Gasteiger partial charge is 0.494 e. The molecule has 0 spiro atoms. The maximum atomic E-state index is 12.1. The molecular formula is C20H19NO4. The predicted molar refractivity (Wildman–Crippen MR) is 92.8 cm³/mol. The quantitative estimate of drug-likeness (QED) is 0.312. The minimum atomic E-state index is -0.476. The number of ether oxygens (including phenoxy) is 2. The van der Waals surface area contributed by atoms with E-state index in [9.17, 15) is 9.59 Å². The summed E-state index contributed by atoms with van der Waals surface area (Å²) in [4.78, 5) is 23.3. The lowest BCUT2D eigenvalue weighted by Crippen LogP contribution is -2.08. The average Bonchev–Trinajstić information content (AvgIpc) is 2.62. The summed E-state index contributed by atoms with van der Waals surface area (Å²) < 4.78 is 10.8. The second-order valence-corrected chi connectivity index (χ2v) is 5.46. The molecule has 0 N–H and O–H groups in total. The van der Waals surface area contributed by atoms with Crippen molar-refractivity contribution in [2.45, 2.75) is 26.2 Å². The molecule has 0 unspecified atom stereocenters. The van der Waals surface area contributed by atoms with Gasteiger partial charge >= 0.3 is 5.97 Å². The van der Waals surface area contributed by atoms with Gasteiger partial charge in [-0.05, 0) is 68.3 Å². The monoisotopic (exact) mass is 337 g/mol. The van der Waals surface area contributed by atoms with Gasteiger partial charge in [-0.2, -0.15) is 5.26 Å². The number of nitriles is 1. The molecule has 2 rings (SSSR count). The standard InChI is InChI=1S/C20H19NO4/c1-15(22)16-5-11-19(12-6-16)25-20(23)17-7-9-18(10-8-17)24-14-4-2-3-13-21/h5-12H,2-4,14H2,1H3. The number of Topliss-reactive ketones (excluding diaryl/α,β-unsaturated/α-hetero) is 1. The third-order valence-corrected chi connectivity index (χ3v) is 3.51. The minimum Gasteiger partial charge on any atom is -0.494 e. The van der Waals surface area contributed by atoms with E-state index in [-0.39, 0.29) is 5.78 Å². The van der Waals surface area contributed by atoms with E-state index in [1.54, 1.807) is 48.5 Å². The first kappa shape index (κ1) is 18.2. The Morgan fingerprint density at radius 3 is 2.12 bits per heavy atom. The van der Waals surface area contributed by atoms with Crippen LogP contribution in [-0.4, -0.2) is 18.4 Å². The first-order valence-electron chi connectivity index (χ1n) is 8.03. The van der Waals surface area contributed by atoms with E-state index in [4.69, 9.17) is 14.7 Å². The van der Waals surface area contributed by atoms with E-state index in [0.29, 0.717) is 35.7 Å². The summed E-state index contributed by atoms with van der Waals surface area (Å²) in [5, 5.41) is 8.46. The lowest BCUT2D eigenvalue weighted by atomic mass is 10.1.